The molecule has 1 nitrogen and oxygen atoms in total. The molecule has 0 aliphatic heterocycles. The van der Waals surface area contributed by atoms with Gasteiger partial charge in [-0.1, -0.05) is 19.9 Å². The largest absolute Gasteiger partial charge is 0.295 e. The topological polar surface area (TPSA) is 17.1 Å². The van der Waals surface area contributed by atoms with Crippen LogP contribution >= 0.6 is 0 Å². The van der Waals surface area contributed by atoms with E-state index in [1.807, 2.05) is 26.8 Å². The molecule has 0 aromatic heterocycles. The van der Waals surface area contributed by atoms with Crippen LogP contribution in [0.3, 0.4) is 0 Å². The van der Waals surface area contributed by atoms with Gasteiger partial charge in [0.1, 0.15) is 0 Å². The second-order valence-corrected chi connectivity index (χ2v) is 2.34. The van der Waals surface area contributed by atoms with Crippen LogP contribution in [0.25, 0.3) is 0 Å². The summed E-state index contributed by atoms with van der Waals surface area (Å²) in [6.07, 6.45) is 4.44. The van der Waals surface area contributed by atoms with Crippen molar-refractivity contribution in [3.05, 3.63) is 11.6 Å². The smallest absolute Gasteiger partial charge is 0.158 e. The Morgan fingerprint density at radius 3 is 2.30 bits per heavy atom. The van der Waals surface area contributed by atoms with E-state index in [2.05, 4.69) is 0 Å². The third-order valence-electron chi connectivity index (χ3n) is 1.56. The number of Topliss-reactive ketones (excluding diaryl/α,β-unsaturated/α-hetero) is 1. The predicted molar refractivity (Wildman–Crippen MR) is 44.0 cm³/mol. The normalized spacial score (nSPS) is 11.7. The fourth-order valence-corrected chi connectivity index (χ4v) is 0.950. The lowest BCUT2D eigenvalue weighted by atomic mass is 10.1. The van der Waals surface area contributed by atoms with Crippen molar-refractivity contribution in [2.24, 2.45) is 0 Å². The molecule has 0 N–H and O–H groups in total. The van der Waals surface area contributed by atoms with Crippen molar-refractivity contribution in [1.82, 2.24) is 0 Å². The minimum Gasteiger partial charge on any atom is -0.295 e. The third-order valence-corrected chi connectivity index (χ3v) is 1.56. The summed E-state index contributed by atoms with van der Waals surface area (Å²) < 4.78 is 0. The van der Waals surface area contributed by atoms with Crippen LogP contribution in [0.1, 0.15) is 40.0 Å². The molecule has 0 saturated heterocycles. The van der Waals surface area contributed by atoms with Gasteiger partial charge in [0.2, 0.25) is 0 Å². The minimum atomic E-state index is 0.313. The zero-order valence-electron chi connectivity index (χ0n) is 7.11. The lowest BCUT2D eigenvalue weighted by molar-refractivity contribution is -0.115. The number of allylic oxidation sites excluding steroid dienone is 2. The van der Waals surface area contributed by atoms with E-state index in [1.54, 1.807) is 0 Å². The Balaban J connectivity index is 3.91. The second-order valence-electron chi connectivity index (χ2n) is 2.34. The second kappa shape index (κ2) is 5.21. The first kappa shape index (κ1) is 9.41. The molecule has 0 radical (unpaired) electrons. The van der Waals surface area contributed by atoms with Crippen LogP contribution in [-0.2, 0) is 4.79 Å². The molecule has 0 aromatic carbocycles. The lowest BCUT2D eigenvalue weighted by Gasteiger charge is -1.99. The monoisotopic (exact) mass is 140 g/mol. The van der Waals surface area contributed by atoms with Crippen LogP contribution in [0.15, 0.2) is 11.6 Å². The van der Waals surface area contributed by atoms with Gasteiger partial charge in [0.15, 0.2) is 5.78 Å². The van der Waals surface area contributed by atoms with Gasteiger partial charge in [0.25, 0.3) is 0 Å². The highest BCUT2D eigenvalue weighted by Crippen LogP contribution is 2.05. The van der Waals surface area contributed by atoms with Gasteiger partial charge in [-0.2, -0.15) is 0 Å². The van der Waals surface area contributed by atoms with Crippen molar-refractivity contribution in [3.63, 3.8) is 0 Å². The Kier molecular flexibility index (Phi) is 4.91. The highest BCUT2D eigenvalue weighted by atomic mass is 16.1. The van der Waals surface area contributed by atoms with Gasteiger partial charge in [-0.25, -0.2) is 0 Å². The van der Waals surface area contributed by atoms with Gasteiger partial charge < -0.3 is 0 Å². The molecule has 0 rings (SSSR count). The van der Waals surface area contributed by atoms with Gasteiger partial charge in [0, 0.05) is 6.42 Å². The molecule has 1 heteroatoms. The number of carbonyl (C=O) groups excluding carboxylic acids is 1. The number of carbonyl (C=O) groups is 1. The summed E-state index contributed by atoms with van der Waals surface area (Å²) in [4.78, 5) is 11.1. The van der Waals surface area contributed by atoms with Crippen LogP contribution < -0.4 is 0 Å². The molecule has 0 atom stereocenters. The van der Waals surface area contributed by atoms with Gasteiger partial charge >= 0.3 is 0 Å². The molecule has 0 unspecified atom stereocenters. The SMILES string of the molecule is C/C=C(/CC)C(=O)CCC. The molecule has 0 aromatic rings. The van der Waals surface area contributed by atoms with E-state index in [0.717, 1.165) is 18.4 Å². The van der Waals surface area contributed by atoms with Crippen molar-refractivity contribution < 1.29 is 4.79 Å². The molecule has 0 saturated carbocycles. The van der Waals surface area contributed by atoms with Crippen LogP contribution in [-0.4, -0.2) is 5.78 Å². The Bertz CT molecular complexity index is 134. The minimum absolute atomic E-state index is 0.313. The Hall–Kier alpha value is -0.590. The van der Waals surface area contributed by atoms with Crippen molar-refractivity contribution in [3.8, 4) is 0 Å². The Morgan fingerprint density at radius 2 is 2.00 bits per heavy atom. The summed E-state index contributed by atoms with van der Waals surface area (Å²) in [5.41, 5.74) is 0.974. The highest BCUT2D eigenvalue weighted by Gasteiger charge is 2.03. The Morgan fingerprint density at radius 1 is 1.40 bits per heavy atom. The molecule has 0 heterocycles. The van der Waals surface area contributed by atoms with E-state index in [4.69, 9.17) is 0 Å². The number of ketones is 1. The van der Waals surface area contributed by atoms with Gasteiger partial charge in [-0.05, 0) is 25.3 Å². The predicted octanol–water partition coefficient (Wildman–Crippen LogP) is 2.71. The summed E-state index contributed by atoms with van der Waals surface area (Å²) >= 11 is 0. The van der Waals surface area contributed by atoms with E-state index < -0.39 is 0 Å². The fourth-order valence-electron chi connectivity index (χ4n) is 0.950. The molecular formula is C9H16O. The summed E-state index contributed by atoms with van der Waals surface area (Å²) in [6, 6.07) is 0. The van der Waals surface area contributed by atoms with Crippen LogP contribution in [0.5, 0.6) is 0 Å². The molecular weight excluding hydrogens is 124 g/mol. The van der Waals surface area contributed by atoms with E-state index >= 15 is 0 Å². The zero-order valence-corrected chi connectivity index (χ0v) is 7.11. The van der Waals surface area contributed by atoms with Gasteiger partial charge in [-0.3, -0.25) is 4.79 Å². The average molecular weight is 140 g/mol. The summed E-state index contributed by atoms with van der Waals surface area (Å²) in [5.74, 6) is 0.313. The molecule has 0 bridgehead atoms. The molecule has 58 valence electrons. The molecule has 0 fully saturated rings. The molecule has 10 heavy (non-hydrogen) atoms. The summed E-state index contributed by atoms with van der Waals surface area (Å²) in [6.45, 7) is 5.97. The third kappa shape index (κ3) is 2.81. The summed E-state index contributed by atoms with van der Waals surface area (Å²) in [7, 11) is 0. The molecule has 0 aliphatic carbocycles. The van der Waals surface area contributed by atoms with Gasteiger partial charge in [0.05, 0.1) is 0 Å². The number of hydrogen-bond donors (Lipinski definition) is 0. The number of hydrogen-bond acceptors (Lipinski definition) is 1. The maximum absolute atomic E-state index is 11.1. The molecule has 0 aliphatic rings. The first-order valence-electron chi connectivity index (χ1n) is 3.94. The van der Waals surface area contributed by atoms with Crippen molar-refractivity contribution in [2.75, 3.05) is 0 Å². The molecule has 0 spiro atoms. The average Bonchev–Trinajstić information content (AvgIpc) is 1.91. The zero-order chi connectivity index (χ0) is 7.98. The van der Waals surface area contributed by atoms with E-state index in [1.165, 1.54) is 0 Å². The maximum Gasteiger partial charge on any atom is 0.158 e. The molecule has 0 amide bonds. The van der Waals surface area contributed by atoms with E-state index in [9.17, 15) is 4.79 Å². The fraction of sp³-hybridized carbons (Fsp3) is 0.667. The summed E-state index contributed by atoms with van der Waals surface area (Å²) in [5, 5.41) is 0. The van der Waals surface area contributed by atoms with Crippen molar-refractivity contribution >= 4 is 5.78 Å². The van der Waals surface area contributed by atoms with Crippen molar-refractivity contribution in [2.45, 2.75) is 40.0 Å². The first-order valence-corrected chi connectivity index (χ1v) is 3.94. The lowest BCUT2D eigenvalue weighted by Crippen LogP contribution is -1.99. The standard InChI is InChI=1S/C9H16O/c1-4-7-9(10)8(5-2)6-3/h5H,4,6-7H2,1-3H3/b8-5-. The Labute approximate surface area is 63.1 Å². The van der Waals surface area contributed by atoms with Crippen LogP contribution in [0.4, 0.5) is 0 Å². The van der Waals surface area contributed by atoms with Gasteiger partial charge in [-0.15, -0.1) is 0 Å². The number of rotatable bonds is 4. The highest BCUT2D eigenvalue weighted by molar-refractivity contribution is 5.95. The first-order chi connectivity index (χ1) is 4.76. The van der Waals surface area contributed by atoms with E-state index in [0.29, 0.717) is 12.2 Å². The maximum atomic E-state index is 11.1. The van der Waals surface area contributed by atoms with E-state index in [-0.39, 0.29) is 0 Å². The van der Waals surface area contributed by atoms with Crippen molar-refractivity contribution in [1.29, 1.82) is 0 Å². The van der Waals surface area contributed by atoms with Crippen LogP contribution in [0, 0.1) is 0 Å². The quantitative estimate of drug-likeness (QED) is 0.549. The van der Waals surface area contributed by atoms with Crippen LogP contribution in [0.2, 0.25) is 0 Å².